The minimum atomic E-state index is -0.408. The first-order valence-electron chi connectivity index (χ1n) is 11.3. The lowest BCUT2D eigenvalue weighted by molar-refractivity contribution is -0.125. The average molecular weight is 473 g/mol. The maximum absolute atomic E-state index is 12.5. The number of nitrogens with zero attached hydrogens (tertiary/aromatic N) is 4. The molecule has 0 unspecified atom stereocenters. The number of carbonyl (C=O) groups excluding carboxylic acids is 2. The summed E-state index contributed by atoms with van der Waals surface area (Å²) < 4.78 is 13.6. The van der Waals surface area contributed by atoms with E-state index in [1.165, 1.54) is 4.57 Å². The fourth-order valence-corrected chi connectivity index (χ4v) is 4.95. The molecule has 35 heavy (non-hydrogen) atoms. The molecule has 1 atom stereocenters. The highest BCUT2D eigenvalue weighted by atomic mass is 16.5. The highest BCUT2D eigenvalue weighted by molar-refractivity contribution is 5.94. The Morgan fingerprint density at radius 3 is 2.89 bits per heavy atom. The van der Waals surface area contributed by atoms with Gasteiger partial charge in [0.1, 0.15) is 6.61 Å². The molecule has 10 heteroatoms. The lowest BCUT2D eigenvalue weighted by Crippen LogP contribution is -2.49. The normalized spacial score (nSPS) is 18.1. The number of aryl methyl sites for hydroxylation is 1. The Kier molecular flexibility index (Phi) is 4.85. The zero-order valence-corrected chi connectivity index (χ0v) is 19.3. The quantitative estimate of drug-likeness (QED) is 0.451. The molecule has 0 radical (unpaired) electrons. The van der Waals surface area contributed by atoms with E-state index in [4.69, 9.17) is 9.15 Å². The molecule has 6 rings (SSSR count). The van der Waals surface area contributed by atoms with Gasteiger partial charge in [0.25, 0.3) is 0 Å². The molecule has 4 heterocycles. The number of nitrogens with one attached hydrogen (secondary N) is 1. The van der Waals surface area contributed by atoms with Crippen molar-refractivity contribution >= 4 is 23.0 Å². The largest absolute Gasteiger partial charge is 0.457 e. The van der Waals surface area contributed by atoms with Gasteiger partial charge < -0.3 is 14.5 Å². The number of esters is 1. The van der Waals surface area contributed by atoms with Crippen LogP contribution in [0.2, 0.25) is 0 Å². The summed E-state index contributed by atoms with van der Waals surface area (Å²) in [7, 11) is 1.66. The minimum absolute atomic E-state index is 0.0489. The molecule has 10 nitrogen and oxygen atoms in total. The van der Waals surface area contributed by atoms with Crippen LogP contribution < -0.4 is 11.1 Å². The molecule has 1 saturated heterocycles. The van der Waals surface area contributed by atoms with Crippen LogP contribution >= 0.6 is 0 Å². The van der Waals surface area contributed by atoms with Crippen LogP contribution in [-0.2, 0) is 29.7 Å². The lowest BCUT2D eigenvalue weighted by Gasteiger charge is -2.34. The van der Waals surface area contributed by atoms with Crippen LogP contribution in [0.3, 0.4) is 0 Å². The summed E-state index contributed by atoms with van der Waals surface area (Å²) in [6.45, 7) is 3.72. The second kappa shape index (κ2) is 7.95. The van der Waals surface area contributed by atoms with Crippen LogP contribution in [0.15, 0.2) is 51.9 Å². The first kappa shape index (κ1) is 21.4. The van der Waals surface area contributed by atoms with Gasteiger partial charge in [-0.2, -0.15) is 5.10 Å². The fraction of sp³-hybridized carbons (Fsp3) is 0.280. The van der Waals surface area contributed by atoms with Gasteiger partial charge in [0.2, 0.25) is 5.91 Å². The van der Waals surface area contributed by atoms with Gasteiger partial charge in [-0.05, 0) is 42.3 Å². The van der Waals surface area contributed by atoms with Crippen molar-refractivity contribution in [3.05, 3.63) is 81.1 Å². The number of piperazine rings is 1. The van der Waals surface area contributed by atoms with Crippen molar-refractivity contribution in [3.8, 4) is 5.69 Å². The predicted octanol–water partition coefficient (Wildman–Crippen LogP) is 1.97. The van der Waals surface area contributed by atoms with Crippen molar-refractivity contribution in [1.82, 2.24) is 24.6 Å². The molecule has 2 aliphatic rings. The number of rotatable bonds is 4. The van der Waals surface area contributed by atoms with Gasteiger partial charge in [0, 0.05) is 37.5 Å². The zero-order valence-electron chi connectivity index (χ0n) is 19.3. The number of amides is 1. The first-order chi connectivity index (χ1) is 16.9. The standard InChI is InChI=1S/C25H23N5O5/c1-14-17(4-5-18-19(14)13-34-24(18)32)20-11-29(12-23(31)27-20)9-15-8-26-30(10-15)16-3-6-22-21(7-16)28(2)25(33)35-22/h3-8,10,20H,9,11-13H2,1-2H3,(H,27,31)/t20-/m0/s1. The first-order valence-corrected chi connectivity index (χ1v) is 11.3. The van der Waals surface area contributed by atoms with E-state index in [1.54, 1.807) is 30.1 Å². The van der Waals surface area contributed by atoms with E-state index in [2.05, 4.69) is 15.3 Å². The number of benzene rings is 2. The number of hydrogen-bond acceptors (Lipinski definition) is 7. The number of carbonyl (C=O) groups is 2. The molecular formula is C25H23N5O5. The smallest absolute Gasteiger partial charge is 0.419 e. The molecule has 2 aromatic carbocycles. The number of oxazole rings is 1. The molecular weight excluding hydrogens is 450 g/mol. The van der Waals surface area contributed by atoms with Gasteiger partial charge in [-0.3, -0.25) is 14.3 Å². The second-order valence-corrected chi connectivity index (χ2v) is 9.04. The van der Waals surface area contributed by atoms with Crippen molar-refractivity contribution < 1.29 is 18.7 Å². The van der Waals surface area contributed by atoms with E-state index in [-0.39, 0.29) is 31.1 Å². The summed E-state index contributed by atoms with van der Waals surface area (Å²) in [6, 6.07) is 8.97. The Balaban J connectivity index is 1.22. The molecule has 1 N–H and O–H groups in total. The van der Waals surface area contributed by atoms with E-state index >= 15 is 0 Å². The molecule has 0 spiro atoms. The van der Waals surface area contributed by atoms with Crippen LogP contribution in [-0.4, -0.2) is 44.2 Å². The SMILES string of the molecule is Cc1c([C@@H]2CN(Cc3cnn(-c4ccc5oc(=O)n(C)c5c4)c3)CC(=O)N2)ccc2c1COC2=O. The van der Waals surface area contributed by atoms with Crippen molar-refractivity contribution in [2.24, 2.45) is 7.05 Å². The Hall–Kier alpha value is -4.18. The third kappa shape index (κ3) is 3.62. The van der Waals surface area contributed by atoms with Gasteiger partial charge in [0.05, 0.1) is 35.6 Å². The monoisotopic (exact) mass is 473 g/mol. The molecule has 0 aliphatic carbocycles. The van der Waals surface area contributed by atoms with Crippen molar-refractivity contribution in [2.75, 3.05) is 13.1 Å². The van der Waals surface area contributed by atoms with E-state index in [0.717, 1.165) is 27.9 Å². The molecule has 1 amide bonds. The topological polar surface area (TPSA) is 112 Å². The Labute approximate surface area is 199 Å². The van der Waals surface area contributed by atoms with Crippen LogP contribution in [0.1, 0.15) is 38.7 Å². The van der Waals surface area contributed by atoms with Gasteiger partial charge in [-0.1, -0.05) is 6.07 Å². The van der Waals surface area contributed by atoms with Crippen molar-refractivity contribution in [1.29, 1.82) is 0 Å². The maximum Gasteiger partial charge on any atom is 0.419 e. The van der Waals surface area contributed by atoms with Crippen LogP contribution in [0, 0.1) is 6.92 Å². The summed E-state index contributed by atoms with van der Waals surface area (Å²) in [5.41, 5.74) is 6.46. The van der Waals surface area contributed by atoms with Crippen LogP contribution in [0.4, 0.5) is 0 Å². The second-order valence-electron chi connectivity index (χ2n) is 9.04. The molecule has 178 valence electrons. The number of ether oxygens (including phenoxy) is 1. The van der Waals surface area contributed by atoms with E-state index in [0.29, 0.717) is 29.8 Å². The Morgan fingerprint density at radius 1 is 1.17 bits per heavy atom. The highest BCUT2D eigenvalue weighted by Gasteiger charge is 2.30. The molecule has 2 aliphatic heterocycles. The predicted molar refractivity (Wildman–Crippen MR) is 125 cm³/mol. The van der Waals surface area contributed by atoms with Gasteiger partial charge in [-0.15, -0.1) is 0 Å². The van der Waals surface area contributed by atoms with E-state index < -0.39 is 5.76 Å². The zero-order chi connectivity index (χ0) is 24.3. The van der Waals surface area contributed by atoms with Crippen LogP contribution in [0.5, 0.6) is 0 Å². The van der Waals surface area contributed by atoms with Gasteiger partial charge >= 0.3 is 11.7 Å². The van der Waals surface area contributed by atoms with Crippen molar-refractivity contribution in [2.45, 2.75) is 26.1 Å². The minimum Gasteiger partial charge on any atom is -0.457 e. The Morgan fingerprint density at radius 2 is 2.03 bits per heavy atom. The number of aromatic nitrogens is 3. The maximum atomic E-state index is 12.5. The summed E-state index contributed by atoms with van der Waals surface area (Å²) in [5, 5.41) is 7.56. The molecule has 0 bridgehead atoms. The van der Waals surface area contributed by atoms with Gasteiger partial charge in [-0.25, -0.2) is 14.3 Å². The highest BCUT2D eigenvalue weighted by Crippen LogP contribution is 2.30. The summed E-state index contributed by atoms with van der Waals surface area (Å²) >= 11 is 0. The molecule has 0 saturated carbocycles. The number of fused-ring (bicyclic) bond motifs is 2. The third-order valence-corrected chi connectivity index (χ3v) is 6.81. The summed E-state index contributed by atoms with van der Waals surface area (Å²) in [5.74, 6) is -0.753. The fourth-order valence-electron chi connectivity index (χ4n) is 4.95. The van der Waals surface area contributed by atoms with E-state index in [1.807, 2.05) is 31.3 Å². The summed E-state index contributed by atoms with van der Waals surface area (Å²) in [4.78, 5) is 38.3. The molecule has 2 aromatic heterocycles. The summed E-state index contributed by atoms with van der Waals surface area (Å²) in [6.07, 6.45) is 3.70. The molecule has 1 fully saturated rings. The average Bonchev–Trinajstić information content (AvgIpc) is 3.52. The van der Waals surface area contributed by atoms with Crippen molar-refractivity contribution in [3.63, 3.8) is 0 Å². The Bertz CT molecular complexity index is 1560. The molecule has 4 aromatic rings. The van der Waals surface area contributed by atoms with Crippen LogP contribution in [0.25, 0.3) is 16.8 Å². The number of hydrogen-bond donors (Lipinski definition) is 1. The third-order valence-electron chi connectivity index (χ3n) is 6.81. The van der Waals surface area contributed by atoms with Gasteiger partial charge in [0.15, 0.2) is 5.58 Å². The van der Waals surface area contributed by atoms with E-state index in [9.17, 15) is 14.4 Å². The lowest BCUT2D eigenvalue weighted by atomic mass is 9.93. The number of cyclic esters (lactones) is 1.